The summed E-state index contributed by atoms with van der Waals surface area (Å²) in [6.45, 7) is 3.03. The van der Waals surface area contributed by atoms with Crippen molar-refractivity contribution in [3.63, 3.8) is 0 Å². The van der Waals surface area contributed by atoms with Gasteiger partial charge >= 0.3 is 0 Å². The van der Waals surface area contributed by atoms with Gasteiger partial charge in [0, 0.05) is 17.9 Å². The van der Waals surface area contributed by atoms with Crippen molar-refractivity contribution in [2.24, 2.45) is 11.8 Å². The van der Waals surface area contributed by atoms with E-state index in [9.17, 15) is 4.79 Å². The Morgan fingerprint density at radius 1 is 1.32 bits per heavy atom. The molecule has 1 saturated carbocycles. The molecule has 3 heteroatoms. The maximum Gasteiger partial charge on any atom is 0.224 e. The van der Waals surface area contributed by atoms with Gasteiger partial charge in [-0.15, -0.1) is 0 Å². The Kier molecular flexibility index (Phi) is 3.69. The molecule has 4 rings (SSSR count). The Bertz CT molecular complexity index is 564. The van der Waals surface area contributed by atoms with E-state index in [1.807, 2.05) is 0 Å². The predicted octanol–water partition coefficient (Wildman–Crippen LogP) is 2.40. The van der Waals surface area contributed by atoms with Gasteiger partial charge in [0.25, 0.3) is 0 Å². The Morgan fingerprint density at radius 3 is 3.09 bits per heavy atom. The second-order valence-corrected chi connectivity index (χ2v) is 7.38. The Balaban J connectivity index is 1.40. The van der Waals surface area contributed by atoms with Gasteiger partial charge in [0.05, 0.1) is 0 Å². The van der Waals surface area contributed by atoms with Gasteiger partial charge in [0.15, 0.2) is 0 Å². The Labute approximate surface area is 132 Å². The number of nitrogens with one attached hydrogen (secondary N) is 2. The van der Waals surface area contributed by atoms with Gasteiger partial charge in [-0.3, -0.25) is 4.79 Å². The molecule has 1 aromatic rings. The van der Waals surface area contributed by atoms with E-state index < -0.39 is 0 Å². The van der Waals surface area contributed by atoms with Gasteiger partial charge < -0.3 is 10.6 Å². The smallest absolute Gasteiger partial charge is 0.224 e. The molecule has 0 radical (unpaired) electrons. The molecule has 118 valence electrons. The first-order valence-electron chi connectivity index (χ1n) is 8.86. The number of hydrogen-bond donors (Lipinski definition) is 2. The summed E-state index contributed by atoms with van der Waals surface area (Å²) in [7, 11) is 0. The molecule has 1 aromatic carbocycles. The Hall–Kier alpha value is -1.35. The number of fused-ring (bicyclic) bond motifs is 2. The van der Waals surface area contributed by atoms with E-state index >= 15 is 0 Å². The molecule has 0 bridgehead atoms. The monoisotopic (exact) mass is 298 g/mol. The summed E-state index contributed by atoms with van der Waals surface area (Å²) in [5.74, 6) is 1.12. The summed E-state index contributed by atoms with van der Waals surface area (Å²) in [6.07, 6.45) is 7.13. The predicted molar refractivity (Wildman–Crippen MR) is 87.8 cm³/mol. The van der Waals surface area contributed by atoms with Crippen LogP contribution < -0.4 is 10.6 Å². The quantitative estimate of drug-likeness (QED) is 0.899. The van der Waals surface area contributed by atoms with Crippen LogP contribution in [0, 0.1) is 11.8 Å². The van der Waals surface area contributed by atoms with Crippen LogP contribution in [0.25, 0.3) is 0 Å². The largest absolute Gasteiger partial charge is 0.356 e. The fraction of sp³-hybridized carbons (Fsp3) is 0.632. The van der Waals surface area contributed by atoms with E-state index in [-0.39, 0.29) is 11.3 Å². The first-order valence-corrected chi connectivity index (χ1v) is 8.86. The summed E-state index contributed by atoms with van der Waals surface area (Å²) in [6, 6.07) is 8.77. The van der Waals surface area contributed by atoms with Crippen molar-refractivity contribution in [1.29, 1.82) is 0 Å². The second kappa shape index (κ2) is 5.69. The van der Waals surface area contributed by atoms with E-state index in [4.69, 9.17) is 0 Å². The number of benzene rings is 1. The van der Waals surface area contributed by atoms with Crippen molar-refractivity contribution in [2.75, 3.05) is 19.6 Å². The second-order valence-electron chi connectivity index (χ2n) is 7.38. The minimum atomic E-state index is 0.170. The molecule has 0 aromatic heterocycles. The van der Waals surface area contributed by atoms with Gasteiger partial charge in [-0.05, 0) is 68.7 Å². The van der Waals surface area contributed by atoms with Gasteiger partial charge in [-0.2, -0.15) is 0 Å². The standard InChI is InChI=1S/C19H26N2O/c22-18(21-13-14-5-4-10-20-12-14)17-11-19(17)9-3-7-15-6-1-2-8-16(15)19/h1-2,6,8,14,17,20H,3-5,7,9-13H2,(H,21,22). The lowest BCUT2D eigenvalue weighted by Gasteiger charge is -2.27. The summed E-state index contributed by atoms with van der Waals surface area (Å²) in [5, 5.41) is 6.66. The normalized spacial score (nSPS) is 33.3. The van der Waals surface area contributed by atoms with E-state index in [2.05, 4.69) is 34.9 Å². The fourth-order valence-electron chi connectivity index (χ4n) is 4.64. The molecule has 1 heterocycles. The molecule has 1 aliphatic heterocycles. The van der Waals surface area contributed by atoms with Crippen LogP contribution in [0.3, 0.4) is 0 Å². The first-order chi connectivity index (χ1) is 10.8. The number of amides is 1. The molecule has 1 saturated heterocycles. The lowest BCUT2D eigenvalue weighted by molar-refractivity contribution is -0.123. The fourth-order valence-corrected chi connectivity index (χ4v) is 4.64. The number of hydrogen-bond acceptors (Lipinski definition) is 2. The lowest BCUT2D eigenvalue weighted by Crippen LogP contribution is -2.39. The number of piperidine rings is 1. The minimum Gasteiger partial charge on any atom is -0.356 e. The maximum atomic E-state index is 12.6. The van der Waals surface area contributed by atoms with Crippen molar-refractivity contribution < 1.29 is 4.79 Å². The average molecular weight is 298 g/mol. The van der Waals surface area contributed by atoms with Crippen molar-refractivity contribution in [3.8, 4) is 0 Å². The number of rotatable bonds is 3. The van der Waals surface area contributed by atoms with Crippen LogP contribution in [0.1, 0.15) is 43.2 Å². The topological polar surface area (TPSA) is 41.1 Å². The zero-order valence-electron chi connectivity index (χ0n) is 13.2. The average Bonchev–Trinajstić information content (AvgIpc) is 3.29. The Morgan fingerprint density at radius 2 is 2.23 bits per heavy atom. The van der Waals surface area contributed by atoms with Crippen LogP contribution in [-0.4, -0.2) is 25.5 Å². The molecule has 2 fully saturated rings. The van der Waals surface area contributed by atoms with E-state index in [0.29, 0.717) is 11.8 Å². The molecular formula is C19H26N2O. The molecule has 3 atom stereocenters. The first kappa shape index (κ1) is 14.3. The van der Waals surface area contributed by atoms with Gasteiger partial charge in [-0.25, -0.2) is 0 Å². The molecule has 3 nitrogen and oxygen atoms in total. The highest BCUT2D eigenvalue weighted by molar-refractivity contribution is 5.84. The minimum absolute atomic E-state index is 0.170. The van der Waals surface area contributed by atoms with Gasteiger partial charge in [0.1, 0.15) is 0 Å². The van der Waals surface area contributed by atoms with Crippen molar-refractivity contribution in [1.82, 2.24) is 10.6 Å². The van der Waals surface area contributed by atoms with Crippen LogP contribution in [0.15, 0.2) is 24.3 Å². The van der Waals surface area contributed by atoms with Gasteiger partial charge in [0.2, 0.25) is 5.91 Å². The molecule has 1 spiro atoms. The SMILES string of the molecule is O=C(NCC1CCCNC1)C1CC12CCCc1ccccc12. The summed E-state index contributed by atoms with van der Waals surface area (Å²) >= 11 is 0. The molecule has 2 N–H and O–H groups in total. The number of carbonyl (C=O) groups excluding carboxylic acids is 1. The van der Waals surface area contributed by atoms with Crippen molar-refractivity contribution in [3.05, 3.63) is 35.4 Å². The number of carbonyl (C=O) groups is 1. The van der Waals surface area contributed by atoms with E-state index in [0.717, 1.165) is 26.1 Å². The highest BCUT2D eigenvalue weighted by atomic mass is 16.2. The highest BCUT2D eigenvalue weighted by Gasteiger charge is 2.59. The van der Waals surface area contributed by atoms with E-state index in [1.165, 1.54) is 43.2 Å². The van der Waals surface area contributed by atoms with Gasteiger partial charge in [-0.1, -0.05) is 24.3 Å². The maximum absolute atomic E-state index is 12.6. The van der Waals surface area contributed by atoms with Crippen LogP contribution in [0.2, 0.25) is 0 Å². The molecule has 1 amide bonds. The van der Waals surface area contributed by atoms with Crippen LogP contribution in [-0.2, 0) is 16.6 Å². The summed E-state index contributed by atoms with van der Waals surface area (Å²) in [4.78, 5) is 12.6. The summed E-state index contributed by atoms with van der Waals surface area (Å²) < 4.78 is 0. The number of aryl methyl sites for hydroxylation is 1. The highest BCUT2D eigenvalue weighted by Crippen LogP contribution is 2.60. The third-order valence-corrected chi connectivity index (χ3v) is 5.98. The van der Waals surface area contributed by atoms with Crippen LogP contribution in [0.5, 0.6) is 0 Å². The molecular weight excluding hydrogens is 272 g/mol. The molecule has 3 aliphatic rings. The zero-order valence-corrected chi connectivity index (χ0v) is 13.2. The zero-order chi connectivity index (χ0) is 15.0. The summed E-state index contributed by atoms with van der Waals surface area (Å²) in [5.41, 5.74) is 3.10. The third kappa shape index (κ3) is 2.45. The van der Waals surface area contributed by atoms with Crippen LogP contribution in [0.4, 0.5) is 0 Å². The molecule has 3 unspecified atom stereocenters. The lowest BCUT2D eigenvalue weighted by atomic mass is 9.78. The third-order valence-electron chi connectivity index (χ3n) is 5.98. The molecule has 22 heavy (non-hydrogen) atoms. The van der Waals surface area contributed by atoms with Crippen molar-refractivity contribution >= 4 is 5.91 Å². The molecule has 2 aliphatic carbocycles. The van der Waals surface area contributed by atoms with Crippen LogP contribution >= 0.6 is 0 Å². The van der Waals surface area contributed by atoms with E-state index in [1.54, 1.807) is 0 Å². The van der Waals surface area contributed by atoms with Crippen molar-refractivity contribution in [2.45, 2.75) is 43.9 Å².